The molecule has 0 bridgehead atoms. The van der Waals surface area contributed by atoms with Gasteiger partial charge in [-0.15, -0.1) is 0 Å². The average Bonchev–Trinajstić information content (AvgIpc) is 3.14. The van der Waals surface area contributed by atoms with E-state index in [9.17, 15) is 9.90 Å². The van der Waals surface area contributed by atoms with Crippen molar-refractivity contribution in [3.63, 3.8) is 0 Å². The molecule has 4 atom stereocenters. The molecule has 0 spiro atoms. The lowest BCUT2D eigenvalue weighted by Gasteiger charge is -2.38. The van der Waals surface area contributed by atoms with E-state index in [0.29, 0.717) is 13.0 Å². The number of para-hydroxylation sites is 1. The van der Waals surface area contributed by atoms with E-state index in [-0.39, 0.29) is 24.1 Å². The van der Waals surface area contributed by atoms with Gasteiger partial charge in [0.05, 0.1) is 18.6 Å². The van der Waals surface area contributed by atoms with E-state index in [0.717, 1.165) is 51.2 Å². The molecule has 0 unspecified atom stereocenters. The molecule has 176 valence electrons. The van der Waals surface area contributed by atoms with E-state index in [1.165, 1.54) is 17.5 Å². The zero-order valence-electron chi connectivity index (χ0n) is 19.2. The molecule has 1 saturated heterocycles. The highest BCUT2D eigenvalue weighted by molar-refractivity contribution is 5.78. The van der Waals surface area contributed by atoms with Crippen LogP contribution in [-0.4, -0.2) is 71.3 Å². The Balaban J connectivity index is 1.31. The Morgan fingerprint density at radius 2 is 1.70 bits per heavy atom. The van der Waals surface area contributed by atoms with Gasteiger partial charge in [0.15, 0.2) is 0 Å². The highest BCUT2D eigenvalue weighted by Gasteiger charge is 2.48. The first kappa shape index (κ1) is 22.4. The summed E-state index contributed by atoms with van der Waals surface area (Å²) in [6.07, 6.45) is 4.12. The first-order chi connectivity index (χ1) is 16.2. The van der Waals surface area contributed by atoms with Crippen LogP contribution < -0.4 is 10.1 Å². The summed E-state index contributed by atoms with van der Waals surface area (Å²) in [7, 11) is 0. The molecule has 3 aliphatic rings. The summed E-state index contributed by atoms with van der Waals surface area (Å²) in [5, 5.41) is 14.7. The molecule has 0 aromatic heterocycles. The van der Waals surface area contributed by atoms with Crippen molar-refractivity contribution in [1.82, 2.24) is 15.1 Å². The van der Waals surface area contributed by atoms with Gasteiger partial charge in [-0.3, -0.25) is 14.6 Å². The lowest BCUT2D eigenvalue weighted by Crippen LogP contribution is -2.55. The second-order valence-corrected chi connectivity index (χ2v) is 9.69. The number of benzene rings is 2. The minimum Gasteiger partial charge on any atom is -0.488 e. The van der Waals surface area contributed by atoms with Gasteiger partial charge in [-0.25, -0.2) is 0 Å². The summed E-state index contributed by atoms with van der Waals surface area (Å²) in [5.74, 6) is 0.807. The van der Waals surface area contributed by atoms with Gasteiger partial charge >= 0.3 is 0 Å². The molecule has 2 aromatic rings. The van der Waals surface area contributed by atoms with Gasteiger partial charge in [-0.1, -0.05) is 48.9 Å². The fourth-order valence-corrected chi connectivity index (χ4v) is 5.74. The van der Waals surface area contributed by atoms with Crippen LogP contribution in [0.25, 0.3) is 0 Å². The maximum absolute atomic E-state index is 13.0. The van der Waals surface area contributed by atoms with Gasteiger partial charge in [-0.2, -0.15) is 0 Å². The van der Waals surface area contributed by atoms with Crippen molar-refractivity contribution in [1.29, 1.82) is 0 Å². The van der Waals surface area contributed by atoms with Crippen molar-refractivity contribution in [2.45, 2.75) is 62.9 Å². The third-order valence-electron chi connectivity index (χ3n) is 7.40. The van der Waals surface area contributed by atoms with Gasteiger partial charge in [0.25, 0.3) is 0 Å². The van der Waals surface area contributed by atoms with Crippen LogP contribution in [0.5, 0.6) is 5.75 Å². The zero-order chi connectivity index (χ0) is 22.6. The summed E-state index contributed by atoms with van der Waals surface area (Å²) in [6.45, 7) is 4.08. The number of aliphatic hydroxyl groups is 1. The van der Waals surface area contributed by atoms with Crippen molar-refractivity contribution in [3.8, 4) is 5.75 Å². The monoisotopic (exact) mass is 449 g/mol. The second-order valence-electron chi connectivity index (χ2n) is 9.69. The summed E-state index contributed by atoms with van der Waals surface area (Å²) in [5.41, 5.74) is 2.69. The molecule has 2 aromatic carbocycles. The highest BCUT2D eigenvalue weighted by atomic mass is 16.5. The summed E-state index contributed by atoms with van der Waals surface area (Å²) < 4.78 is 6.20. The first-order valence-corrected chi connectivity index (χ1v) is 12.4. The maximum Gasteiger partial charge on any atom is 0.234 e. The number of aliphatic hydroxyl groups excluding tert-OH is 1. The van der Waals surface area contributed by atoms with Gasteiger partial charge < -0.3 is 15.2 Å². The maximum atomic E-state index is 13.0. The highest BCUT2D eigenvalue weighted by Crippen LogP contribution is 2.32. The molecule has 1 amide bonds. The molecule has 6 heteroatoms. The van der Waals surface area contributed by atoms with Crippen molar-refractivity contribution in [2.75, 3.05) is 26.2 Å². The third kappa shape index (κ3) is 5.24. The second kappa shape index (κ2) is 10.2. The largest absolute Gasteiger partial charge is 0.488 e. The Labute approximate surface area is 196 Å². The number of amides is 1. The number of carbonyl (C=O) groups excluding carboxylic acids is 1. The predicted molar refractivity (Wildman–Crippen MR) is 128 cm³/mol. The van der Waals surface area contributed by atoms with Crippen LogP contribution >= 0.6 is 0 Å². The normalized spacial score (nSPS) is 28.3. The van der Waals surface area contributed by atoms with Crippen LogP contribution in [0.1, 0.15) is 36.8 Å². The van der Waals surface area contributed by atoms with Crippen molar-refractivity contribution in [2.24, 2.45) is 0 Å². The standard InChI is InChI=1S/C27H35N3O3/c31-25(19-29-14-7-2-8-15-29)28-23-17-24(33-22-11-3-1-4-12-22)27(32)26(23)30-16-13-20-9-5-6-10-21(20)18-30/h1,3-6,9-12,23-24,26-27,32H,2,7-8,13-19H2,(H,28,31)/t23-,24-,26+,27+/m1/s1. The van der Waals surface area contributed by atoms with Gasteiger partial charge in [0.2, 0.25) is 5.91 Å². The summed E-state index contributed by atoms with van der Waals surface area (Å²) in [6, 6.07) is 17.9. The van der Waals surface area contributed by atoms with E-state index in [1.54, 1.807) is 0 Å². The number of fused-ring (bicyclic) bond motifs is 1. The first-order valence-electron chi connectivity index (χ1n) is 12.4. The van der Waals surface area contributed by atoms with Crippen LogP contribution in [-0.2, 0) is 17.8 Å². The molecule has 2 aliphatic heterocycles. The zero-order valence-corrected chi connectivity index (χ0v) is 19.2. The number of hydrogen-bond acceptors (Lipinski definition) is 5. The number of likely N-dealkylation sites (tertiary alicyclic amines) is 1. The van der Waals surface area contributed by atoms with Crippen molar-refractivity contribution >= 4 is 5.91 Å². The lowest BCUT2D eigenvalue weighted by atomic mass is 9.97. The van der Waals surface area contributed by atoms with E-state index >= 15 is 0 Å². The molecule has 2 N–H and O–H groups in total. The number of carbonyl (C=O) groups is 1. The summed E-state index contributed by atoms with van der Waals surface area (Å²) in [4.78, 5) is 17.6. The smallest absolute Gasteiger partial charge is 0.234 e. The van der Waals surface area contributed by atoms with Crippen molar-refractivity contribution in [3.05, 3.63) is 65.7 Å². The Hall–Kier alpha value is -2.41. The molecular formula is C27H35N3O3. The van der Waals surface area contributed by atoms with Crippen LogP contribution in [0.15, 0.2) is 54.6 Å². The van der Waals surface area contributed by atoms with E-state index < -0.39 is 6.10 Å². The Morgan fingerprint density at radius 3 is 2.48 bits per heavy atom. The molecule has 0 radical (unpaired) electrons. The number of piperidine rings is 1. The van der Waals surface area contributed by atoms with Gasteiger partial charge in [0, 0.05) is 19.5 Å². The Bertz CT molecular complexity index is 931. The Morgan fingerprint density at radius 1 is 0.970 bits per heavy atom. The van der Waals surface area contributed by atoms with E-state index in [4.69, 9.17) is 4.74 Å². The van der Waals surface area contributed by atoms with Gasteiger partial charge in [-0.05, 0) is 55.6 Å². The molecule has 2 fully saturated rings. The molecule has 5 rings (SSSR count). The fourth-order valence-electron chi connectivity index (χ4n) is 5.74. The molecule has 1 saturated carbocycles. The minimum atomic E-state index is -0.671. The Kier molecular flexibility index (Phi) is 6.95. The van der Waals surface area contributed by atoms with E-state index in [1.807, 2.05) is 30.3 Å². The van der Waals surface area contributed by atoms with Crippen molar-refractivity contribution < 1.29 is 14.6 Å². The number of nitrogens with zero attached hydrogens (tertiary/aromatic N) is 2. The lowest BCUT2D eigenvalue weighted by molar-refractivity contribution is -0.123. The van der Waals surface area contributed by atoms with E-state index in [2.05, 4.69) is 39.4 Å². The molecule has 1 aliphatic carbocycles. The molecule has 2 heterocycles. The predicted octanol–water partition coefficient (Wildman–Crippen LogP) is 2.60. The van der Waals surface area contributed by atoms with Crippen LogP contribution in [0, 0.1) is 0 Å². The molecule has 6 nitrogen and oxygen atoms in total. The fraction of sp³-hybridized carbons (Fsp3) is 0.519. The molecular weight excluding hydrogens is 414 g/mol. The topological polar surface area (TPSA) is 65.0 Å². The number of rotatable bonds is 6. The number of ether oxygens (including phenoxy) is 1. The average molecular weight is 450 g/mol. The number of nitrogens with one attached hydrogen (secondary N) is 1. The minimum absolute atomic E-state index is 0.0527. The number of hydrogen-bond donors (Lipinski definition) is 2. The van der Waals surface area contributed by atoms with Crippen LogP contribution in [0.4, 0.5) is 0 Å². The van der Waals surface area contributed by atoms with Gasteiger partial charge in [0.1, 0.15) is 18.0 Å². The summed E-state index contributed by atoms with van der Waals surface area (Å²) >= 11 is 0. The van der Waals surface area contributed by atoms with Crippen LogP contribution in [0.2, 0.25) is 0 Å². The van der Waals surface area contributed by atoms with Crippen LogP contribution in [0.3, 0.4) is 0 Å². The molecule has 33 heavy (non-hydrogen) atoms. The third-order valence-corrected chi connectivity index (χ3v) is 7.40. The SMILES string of the molecule is O=C(CN1CCCCC1)N[C@@H]1C[C@@H](Oc2ccccc2)[C@H](O)[C@H]1N1CCc2ccccc2C1. The quantitative estimate of drug-likeness (QED) is 0.710.